The third-order valence-electron chi connectivity index (χ3n) is 5.52. The van der Waals surface area contributed by atoms with Crippen LogP contribution in [-0.4, -0.2) is 38.8 Å². The van der Waals surface area contributed by atoms with Gasteiger partial charge in [-0.3, -0.25) is 0 Å². The minimum absolute atomic E-state index is 0.550. The molecule has 3 aromatic rings. The maximum absolute atomic E-state index is 4.75. The van der Waals surface area contributed by atoms with Gasteiger partial charge in [0.2, 0.25) is 0 Å². The Balaban J connectivity index is 1.38. The molecular weight excluding hydrogens is 362 g/mol. The number of nitrogens with zero attached hydrogens (tertiary/aromatic N) is 4. The van der Waals surface area contributed by atoms with Gasteiger partial charge in [0.15, 0.2) is 11.8 Å². The predicted octanol–water partition coefficient (Wildman–Crippen LogP) is 3.09. The van der Waals surface area contributed by atoms with Crippen molar-refractivity contribution >= 4 is 16.9 Å². The van der Waals surface area contributed by atoms with Crippen molar-refractivity contribution < 1.29 is 0 Å². The lowest BCUT2D eigenvalue weighted by Gasteiger charge is -2.11. The van der Waals surface area contributed by atoms with Crippen LogP contribution >= 0.6 is 0 Å². The molecule has 29 heavy (non-hydrogen) atoms. The summed E-state index contributed by atoms with van der Waals surface area (Å²) in [6.45, 7) is 7.42. The molecule has 0 radical (unpaired) electrons. The molecule has 0 aliphatic carbocycles. The van der Waals surface area contributed by atoms with Crippen LogP contribution in [0, 0.1) is 6.92 Å². The maximum atomic E-state index is 4.75. The second-order valence-corrected chi connectivity index (χ2v) is 7.73. The predicted molar refractivity (Wildman–Crippen MR) is 117 cm³/mol. The van der Waals surface area contributed by atoms with E-state index >= 15 is 0 Å². The van der Waals surface area contributed by atoms with Crippen LogP contribution in [-0.2, 0) is 25.9 Å². The smallest absolute Gasteiger partial charge is 0.191 e. The molecule has 1 aromatic carbocycles. The van der Waals surface area contributed by atoms with Crippen molar-refractivity contribution in [2.45, 2.75) is 59.0 Å². The highest BCUT2D eigenvalue weighted by Gasteiger charge is 2.14. The van der Waals surface area contributed by atoms with Crippen LogP contribution in [0.2, 0.25) is 0 Å². The van der Waals surface area contributed by atoms with Gasteiger partial charge in [0.1, 0.15) is 12.4 Å². The number of hydrogen-bond acceptors (Lipinski definition) is 3. The van der Waals surface area contributed by atoms with Gasteiger partial charge in [-0.1, -0.05) is 18.6 Å². The van der Waals surface area contributed by atoms with Crippen molar-refractivity contribution in [3.63, 3.8) is 0 Å². The zero-order valence-corrected chi connectivity index (χ0v) is 17.5. The molecule has 7 heteroatoms. The fourth-order valence-corrected chi connectivity index (χ4v) is 3.98. The third kappa shape index (κ3) is 4.60. The summed E-state index contributed by atoms with van der Waals surface area (Å²) in [6.07, 6.45) is 7.75. The zero-order chi connectivity index (χ0) is 20.1. The van der Waals surface area contributed by atoms with Gasteiger partial charge in [0, 0.05) is 43.2 Å². The molecular formula is C22H31N7. The largest absolute Gasteiger partial charge is 0.361 e. The van der Waals surface area contributed by atoms with E-state index < -0.39 is 0 Å². The summed E-state index contributed by atoms with van der Waals surface area (Å²) in [4.78, 5) is 8.13. The minimum Gasteiger partial charge on any atom is -0.361 e. The molecule has 0 atom stereocenters. The van der Waals surface area contributed by atoms with Crippen molar-refractivity contribution in [3.05, 3.63) is 47.2 Å². The summed E-state index contributed by atoms with van der Waals surface area (Å²) in [5.74, 6) is 2.90. The summed E-state index contributed by atoms with van der Waals surface area (Å²) in [7, 11) is 0. The molecule has 154 valence electrons. The van der Waals surface area contributed by atoms with E-state index in [2.05, 4.69) is 68.6 Å². The lowest BCUT2D eigenvalue weighted by atomic mass is 10.1. The number of fused-ring (bicyclic) bond motifs is 2. The number of aromatic amines is 1. The van der Waals surface area contributed by atoms with E-state index in [9.17, 15) is 0 Å². The quantitative estimate of drug-likeness (QED) is 0.444. The maximum Gasteiger partial charge on any atom is 0.191 e. The first-order chi connectivity index (χ1) is 14.2. The number of aryl methyl sites for hydroxylation is 2. The van der Waals surface area contributed by atoms with Crippen molar-refractivity contribution in [2.75, 3.05) is 13.1 Å². The molecule has 1 aliphatic heterocycles. The third-order valence-corrected chi connectivity index (χ3v) is 5.52. The van der Waals surface area contributed by atoms with Crippen LogP contribution in [0.15, 0.2) is 29.4 Å². The molecule has 3 heterocycles. The van der Waals surface area contributed by atoms with Crippen molar-refractivity contribution in [3.8, 4) is 0 Å². The molecule has 4 rings (SSSR count). The summed E-state index contributed by atoms with van der Waals surface area (Å²) in [6, 6.07) is 6.56. The average Bonchev–Trinajstić information content (AvgIpc) is 3.21. The van der Waals surface area contributed by atoms with Gasteiger partial charge in [-0.15, -0.1) is 10.2 Å². The second-order valence-electron chi connectivity index (χ2n) is 7.73. The molecule has 0 saturated carbocycles. The molecule has 7 nitrogen and oxygen atoms in total. The number of aromatic nitrogens is 4. The van der Waals surface area contributed by atoms with Crippen LogP contribution in [0.3, 0.4) is 0 Å². The number of nitrogens with one attached hydrogen (secondary N) is 3. The Bertz CT molecular complexity index is 982. The van der Waals surface area contributed by atoms with Crippen molar-refractivity contribution in [1.29, 1.82) is 0 Å². The Morgan fingerprint density at radius 3 is 3.03 bits per heavy atom. The van der Waals surface area contributed by atoms with Crippen molar-refractivity contribution in [2.24, 2.45) is 4.99 Å². The van der Waals surface area contributed by atoms with E-state index in [0.29, 0.717) is 6.54 Å². The van der Waals surface area contributed by atoms with Gasteiger partial charge >= 0.3 is 0 Å². The SMILES string of the molecule is CCNC(=NCc1nnc2n1CCCCC2)NCCc1c[nH]c2cc(C)ccc12. The number of guanidine groups is 1. The van der Waals surface area contributed by atoms with E-state index in [1.807, 2.05) is 0 Å². The number of aliphatic imine (C=N–C) groups is 1. The minimum atomic E-state index is 0.550. The van der Waals surface area contributed by atoms with Crippen LogP contribution in [0.25, 0.3) is 10.9 Å². The second kappa shape index (κ2) is 9.11. The average molecular weight is 394 g/mol. The van der Waals surface area contributed by atoms with E-state index in [0.717, 1.165) is 50.1 Å². The van der Waals surface area contributed by atoms with E-state index in [4.69, 9.17) is 4.99 Å². The molecule has 0 saturated heterocycles. The number of H-pyrrole nitrogens is 1. The first-order valence-electron chi connectivity index (χ1n) is 10.7. The summed E-state index contributed by atoms with van der Waals surface area (Å²) >= 11 is 0. The Hall–Kier alpha value is -2.83. The molecule has 0 bridgehead atoms. The molecule has 2 aromatic heterocycles. The van der Waals surface area contributed by atoms with Crippen LogP contribution in [0.1, 0.15) is 49.0 Å². The normalized spacial score (nSPS) is 14.6. The Morgan fingerprint density at radius 1 is 1.21 bits per heavy atom. The molecule has 0 amide bonds. The van der Waals surface area contributed by atoms with Gasteiger partial charge in [-0.25, -0.2) is 4.99 Å². The van der Waals surface area contributed by atoms with Crippen LogP contribution in [0.5, 0.6) is 0 Å². The standard InChI is InChI=1S/C22H31N7/c1-3-23-22(26-15-21-28-27-20-7-5-4-6-12-29(20)21)24-11-10-17-14-25-19-13-16(2)8-9-18(17)19/h8-9,13-14,25H,3-7,10-12,15H2,1-2H3,(H2,23,24,26). The summed E-state index contributed by atoms with van der Waals surface area (Å²) in [5, 5.41) is 16.8. The first kappa shape index (κ1) is 19.5. The fourth-order valence-electron chi connectivity index (χ4n) is 3.98. The lowest BCUT2D eigenvalue weighted by Crippen LogP contribution is -2.38. The van der Waals surface area contributed by atoms with E-state index in [1.165, 1.54) is 41.3 Å². The molecule has 1 aliphatic rings. The Morgan fingerprint density at radius 2 is 2.14 bits per heavy atom. The number of rotatable bonds is 6. The van der Waals surface area contributed by atoms with Gasteiger partial charge in [-0.2, -0.15) is 0 Å². The fraction of sp³-hybridized carbons (Fsp3) is 0.500. The molecule has 3 N–H and O–H groups in total. The molecule has 0 unspecified atom stereocenters. The Kier molecular flexibility index (Phi) is 6.12. The Labute approximate surface area is 172 Å². The number of hydrogen-bond donors (Lipinski definition) is 3. The van der Waals surface area contributed by atoms with Gasteiger partial charge < -0.3 is 20.2 Å². The number of benzene rings is 1. The lowest BCUT2D eigenvalue weighted by molar-refractivity contribution is 0.605. The topological polar surface area (TPSA) is 82.9 Å². The van der Waals surface area contributed by atoms with Crippen molar-refractivity contribution in [1.82, 2.24) is 30.4 Å². The van der Waals surface area contributed by atoms with Crippen LogP contribution in [0.4, 0.5) is 0 Å². The molecule has 0 spiro atoms. The van der Waals surface area contributed by atoms with Gasteiger partial charge in [0.25, 0.3) is 0 Å². The van der Waals surface area contributed by atoms with E-state index in [1.54, 1.807) is 0 Å². The summed E-state index contributed by atoms with van der Waals surface area (Å²) < 4.78 is 2.26. The zero-order valence-electron chi connectivity index (χ0n) is 17.5. The highest BCUT2D eigenvalue weighted by Crippen LogP contribution is 2.19. The van der Waals surface area contributed by atoms with E-state index in [-0.39, 0.29) is 0 Å². The van der Waals surface area contributed by atoms with Crippen LogP contribution < -0.4 is 10.6 Å². The van der Waals surface area contributed by atoms with Gasteiger partial charge in [0.05, 0.1) is 0 Å². The monoisotopic (exact) mass is 393 g/mol. The first-order valence-corrected chi connectivity index (χ1v) is 10.7. The molecule has 0 fully saturated rings. The van der Waals surface area contributed by atoms with Gasteiger partial charge in [-0.05, 0) is 50.3 Å². The summed E-state index contributed by atoms with van der Waals surface area (Å²) in [5.41, 5.74) is 3.80. The highest BCUT2D eigenvalue weighted by molar-refractivity contribution is 5.84. The highest BCUT2D eigenvalue weighted by atomic mass is 15.3.